The third-order valence-corrected chi connectivity index (χ3v) is 3.28. The first kappa shape index (κ1) is 12.7. The number of likely N-dealkylation sites (N-methyl/N-ethyl adjacent to an activating group) is 1. The maximum atomic E-state index is 11.9. The van der Waals surface area contributed by atoms with Gasteiger partial charge in [0.15, 0.2) is 0 Å². The Kier molecular flexibility index (Phi) is 3.72. The van der Waals surface area contributed by atoms with Crippen molar-refractivity contribution in [2.75, 3.05) is 33.9 Å². The first-order valence-electron chi connectivity index (χ1n) is 5.94. The van der Waals surface area contributed by atoms with Gasteiger partial charge in [-0.2, -0.15) is 0 Å². The smallest absolute Gasteiger partial charge is 0.320 e. The predicted octanol–water partition coefficient (Wildman–Crippen LogP) is 1.10. The summed E-state index contributed by atoms with van der Waals surface area (Å²) < 4.78 is 5.19. The minimum absolute atomic E-state index is 0.00951. The number of carbonyl (C=O) groups excluding carboxylic acids is 1. The Hall–Kier alpha value is -1.75. The lowest BCUT2D eigenvalue weighted by molar-refractivity contribution is 0.182. The number of rotatable bonds is 4. The SMILES string of the molecule is COc1cccc(C2CN(CCO)C(=O)N2C)c1. The molecule has 1 atom stereocenters. The normalized spacial score (nSPS) is 19.5. The van der Waals surface area contributed by atoms with Gasteiger partial charge in [0.2, 0.25) is 0 Å². The maximum Gasteiger partial charge on any atom is 0.320 e. The van der Waals surface area contributed by atoms with Gasteiger partial charge in [-0.15, -0.1) is 0 Å². The van der Waals surface area contributed by atoms with Gasteiger partial charge >= 0.3 is 6.03 Å². The number of aliphatic hydroxyl groups is 1. The van der Waals surface area contributed by atoms with E-state index in [4.69, 9.17) is 9.84 Å². The first-order chi connectivity index (χ1) is 8.67. The Morgan fingerprint density at radius 1 is 1.50 bits per heavy atom. The average molecular weight is 250 g/mol. The van der Waals surface area contributed by atoms with Crippen LogP contribution in [-0.2, 0) is 0 Å². The molecule has 1 fully saturated rings. The second kappa shape index (κ2) is 5.27. The third-order valence-electron chi connectivity index (χ3n) is 3.28. The number of methoxy groups -OCH3 is 1. The molecule has 0 aromatic heterocycles. The van der Waals surface area contributed by atoms with E-state index >= 15 is 0 Å². The van der Waals surface area contributed by atoms with E-state index in [9.17, 15) is 4.79 Å². The van der Waals surface area contributed by atoms with Crippen molar-refractivity contribution in [2.24, 2.45) is 0 Å². The maximum absolute atomic E-state index is 11.9. The van der Waals surface area contributed by atoms with Gasteiger partial charge in [0.1, 0.15) is 5.75 Å². The van der Waals surface area contributed by atoms with Crippen LogP contribution in [0.3, 0.4) is 0 Å². The molecule has 98 valence electrons. The van der Waals surface area contributed by atoms with Gasteiger partial charge in [-0.05, 0) is 17.7 Å². The zero-order valence-electron chi connectivity index (χ0n) is 10.7. The van der Waals surface area contributed by atoms with Gasteiger partial charge in [-0.1, -0.05) is 12.1 Å². The summed E-state index contributed by atoms with van der Waals surface area (Å²) in [5, 5.41) is 8.94. The zero-order chi connectivity index (χ0) is 13.1. The van der Waals surface area contributed by atoms with E-state index in [1.165, 1.54) is 0 Å². The number of ether oxygens (including phenoxy) is 1. The lowest BCUT2D eigenvalue weighted by Crippen LogP contribution is -2.31. The van der Waals surface area contributed by atoms with E-state index in [1.807, 2.05) is 24.3 Å². The molecule has 2 rings (SSSR count). The highest BCUT2D eigenvalue weighted by Gasteiger charge is 2.35. The molecule has 1 saturated heterocycles. The molecule has 1 aliphatic rings. The topological polar surface area (TPSA) is 53.0 Å². The van der Waals surface area contributed by atoms with Crippen molar-refractivity contribution in [3.8, 4) is 5.75 Å². The van der Waals surface area contributed by atoms with Crippen molar-refractivity contribution in [1.29, 1.82) is 0 Å². The number of urea groups is 1. The van der Waals surface area contributed by atoms with E-state index < -0.39 is 0 Å². The molecule has 0 radical (unpaired) electrons. The standard InChI is InChI=1S/C13H18N2O3/c1-14-12(9-15(6-7-16)13(14)17)10-4-3-5-11(8-10)18-2/h3-5,8,12,16H,6-7,9H2,1-2H3. The Bertz CT molecular complexity index is 436. The number of hydrogen-bond acceptors (Lipinski definition) is 3. The van der Waals surface area contributed by atoms with Crippen LogP contribution in [0.1, 0.15) is 11.6 Å². The van der Waals surface area contributed by atoms with Gasteiger partial charge in [-0.25, -0.2) is 4.79 Å². The number of amides is 2. The van der Waals surface area contributed by atoms with Crippen LogP contribution in [0, 0.1) is 0 Å². The molecule has 5 heteroatoms. The van der Waals surface area contributed by atoms with Crippen molar-refractivity contribution in [1.82, 2.24) is 9.80 Å². The molecular weight excluding hydrogens is 232 g/mol. The molecule has 2 amide bonds. The van der Waals surface area contributed by atoms with Crippen LogP contribution >= 0.6 is 0 Å². The number of aliphatic hydroxyl groups excluding tert-OH is 1. The van der Waals surface area contributed by atoms with E-state index in [2.05, 4.69) is 0 Å². The molecule has 1 aromatic rings. The summed E-state index contributed by atoms with van der Waals surface area (Å²) in [5.41, 5.74) is 1.05. The predicted molar refractivity (Wildman–Crippen MR) is 67.6 cm³/mol. The fourth-order valence-electron chi connectivity index (χ4n) is 2.25. The minimum Gasteiger partial charge on any atom is -0.497 e. The Labute approximate surface area is 107 Å². The summed E-state index contributed by atoms with van der Waals surface area (Å²) in [6.45, 7) is 0.969. The minimum atomic E-state index is -0.0446. The van der Waals surface area contributed by atoms with Crippen LogP contribution in [-0.4, -0.2) is 54.8 Å². The molecule has 1 heterocycles. The molecule has 1 aliphatic heterocycles. The van der Waals surface area contributed by atoms with Gasteiger partial charge < -0.3 is 19.6 Å². The van der Waals surface area contributed by atoms with Crippen LogP contribution in [0.15, 0.2) is 24.3 Å². The summed E-state index contributed by atoms with van der Waals surface area (Å²) in [5.74, 6) is 0.786. The van der Waals surface area contributed by atoms with Gasteiger partial charge in [0.05, 0.1) is 19.8 Å². The summed E-state index contributed by atoms with van der Waals surface area (Å²) in [6.07, 6.45) is 0. The number of benzene rings is 1. The van der Waals surface area contributed by atoms with Crippen LogP contribution in [0.4, 0.5) is 4.79 Å². The molecule has 0 saturated carbocycles. The van der Waals surface area contributed by atoms with Gasteiger partial charge in [0.25, 0.3) is 0 Å². The second-order valence-corrected chi connectivity index (χ2v) is 4.36. The molecule has 1 N–H and O–H groups in total. The summed E-state index contributed by atoms with van der Waals surface area (Å²) in [6, 6.07) is 7.69. The first-order valence-corrected chi connectivity index (χ1v) is 5.94. The van der Waals surface area contributed by atoms with Crippen LogP contribution < -0.4 is 4.74 Å². The quantitative estimate of drug-likeness (QED) is 0.870. The molecular formula is C13H18N2O3. The summed E-state index contributed by atoms with van der Waals surface area (Å²) in [7, 11) is 3.41. The summed E-state index contributed by atoms with van der Waals surface area (Å²) in [4.78, 5) is 15.3. The van der Waals surface area contributed by atoms with Crippen molar-refractivity contribution < 1.29 is 14.6 Å². The van der Waals surface area contributed by atoms with Crippen molar-refractivity contribution in [3.63, 3.8) is 0 Å². The molecule has 0 aliphatic carbocycles. The number of hydrogen-bond donors (Lipinski definition) is 1. The van der Waals surface area contributed by atoms with E-state index in [0.29, 0.717) is 13.1 Å². The fourth-order valence-corrected chi connectivity index (χ4v) is 2.25. The monoisotopic (exact) mass is 250 g/mol. The Morgan fingerprint density at radius 2 is 2.28 bits per heavy atom. The van der Waals surface area contributed by atoms with E-state index in [-0.39, 0.29) is 18.7 Å². The molecule has 0 spiro atoms. The second-order valence-electron chi connectivity index (χ2n) is 4.36. The highest BCUT2D eigenvalue weighted by Crippen LogP contribution is 2.29. The lowest BCUT2D eigenvalue weighted by Gasteiger charge is -2.18. The largest absolute Gasteiger partial charge is 0.497 e. The molecule has 5 nitrogen and oxygen atoms in total. The molecule has 18 heavy (non-hydrogen) atoms. The van der Waals surface area contributed by atoms with Crippen molar-refractivity contribution in [2.45, 2.75) is 6.04 Å². The van der Waals surface area contributed by atoms with Crippen LogP contribution in [0.5, 0.6) is 5.75 Å². The highest BCUT2D eigenvalue weighted by molar-refractivity contribution is 5.77. The third kappa shape index (κ3) is 2.26. The van der Waals surface area contributed by atoms with Crippen molar-refractivity contribution >= 4 is 6.03 Å². The van der Waals surface area contributed by atoms with Crippen molar-refractivity contribution in [3.05, 3.63) is 29.8 Å². The van der Waals surface area contributed by atoms with E-state index in [0.717, 1.165) is 11.3 Å². The molecule has 1 unspecified atom stereocenters. The highest BCUT2D eigenvalue weighted by atomic mass is 16.5. The van der Waals surface area contributed by atoms with E-state index in [1.54, 1.807) is 24.0 Å². The van der Waals surface area contributed by atoms with Gasteiger partial charge in [0, 0.05) is 20.1 Å². The number of carbonyl (C=O) groups is 1. The Morgan fingerprint density at radius 3 is 2.94 bits per heavy atom. The summed E-state index contributed by atoms with van der Waals surface area (Å²) >= 11 is 0. The zero-order valence-corrected chi connectivity index (χ0v) is 10.7. The molecule has 0 bridgehead atoms. The molecule has 1 aromatic carbocycles. The number of nitrogens with zero attached hydrogens (tertiary/aromatic N) is 2. The van der Waals surface area contributed by atoms with Gasteiger partial charge in [-0.3, -0.25) is 0 Å². The Balaban J connectivity index is 2.20. The van der Waals surface area contributed by atoms with Crippen LogP contribution in [0.2, 0.25) is 0 Å². The lowest BCUT2D eigenvalue weighted by atomic mass is 10.1. The van der Waals surface area contributed by atoms with Crippen LogP contribution in [0.25, 0.3) is 0 Å². The number of β-amino-alcohol motifs (C(OH)–C–C–N with tert-alkyl or cyclic N) is 1. The average Bonchev–Trinajstić information content (AvgIpc) is 2.68. The fraction of sp³-hybridized carbons (Fsp3) is 0.462.